The number of carbonyl (C=O) groups excluding carboxylic acids is 1. The second-order valence-corrected chi connectivity index (χ2v) is 4.94. The average Bonchev–Trinajstić information content (AvgIpc) is 2.92. The highest BCUT2D eigenvalue weighted by Gasteiger charge is 2.13. The van der Waals surface area contributed by atoms with Crippen LogP contribution in [0, 0.1) is 11.8 Å². The van der Waals surface area contributed by atoms with E-state index in [4.69, 9.17) is 5.11 Å². The van der Waals surface area contributed by atoms with Gasteiger partial charge in [-0.3, -0.25) is 9.78 Å². The fourth-order valence-corrected chi connectivity index (χ4v) is 2.37. The van der Waals surface area contributed by atoms with Gasteiger partial charge in [0, 0.05) is 26.0 Å². The minimum Gasteiger partial charge on any atom is -0.384 e. The summed E-state index contributed by atoms with van der Waals surface area (Å²) >= 11 is 1.49. The Kier molecular flexibility index (Phi) is 4.82. The molecule has 20 heavy (non-hydrogen) atoms. The standard InChI is InChI=1S/C14H13N3O2S/c1-17(14(19)13-8-15-4-5-16-13)9-11-7-12(20-10-11)3-2-6-18/h4-5,7-8,10,18H,6,9H2,1H3. The van der Waals surface area contributed by atoms with Crippen LogP contribution in [0.5, 0.6) is 0 Å². The molecule has 0 spiro atoms. The van der Waals surface area contributed by atoms with Crippen molar-refractivity contribution in [3.8, 4) is 11.8 Å². The predicted molar refractivity (Wildman–Crippen MR) is 76.1 cm³/mol. The highest BCUT2D eigenvalue weighted by Crippen LogP contribution is 2.15. The number of thiophene rings is 1. The molecule has 0 aliphatic carbocycles. The number of hydrogen-bond acceptors (Lipinski definition) is 5. The lowest BCUT2D eigenvalue weighted by Gasteiger charge is -2.15. The number of carbonyl (C=O) groups is 1. The first kappa shape index (κ1) is 14.2. The molecule has 6 heteroatoms. The number of aliphatic hydroxyl groups excluding tert-OH is 1. The Morgan fingerprint density at radius 3 is 3.05 bits per heavy atom. The second kappa shape index (κ2) is 6.80. The maximum atomic E-state index is 12.1. The van der Waals surface area contributed by atoms with Crippen molar-refractivity contribution in [1.82, 2.24) is 14.9 Å². The SMILES string of the molecule is CN(Cc1csc(C#CCO)c1)C(=O)c1cnccn1. The van der Waals surface area contributed by atoms with Gasteiger partial charge in [0.2, 0.25) is 0 Å². The first-order valence-electron chi connectivity index (χ1n) is 5.89. The van der Waals surface area contributed by atoms with Gasteiger partial charge in [0.1, 0.15) is 12.3 Å². The molecule has 0 radical (unpaired) electrons. The summed E-state index contributed by atoms with van der Waals surface area (Å²) in [5, 5.41) is 10.6. The van der Waals surface area contributed by atoms with Crippen LogP contribution in [0.4, 0.5) is 0 Å². The van der Waals surface area contributed by atoms with Crippen LogP contribution < -0.4 is 0 Å². The lowest BCUT2D eigenvalue weighted by Crippen LogP contribution is -2.26. The predicted octanol–water partition coefficient (Wildman–Crippen LogP) is 1.15. The van der Waals surface area contributed by atoms with Crippen LogP contribution in [-0.4, -0.2) is 39.5 Å². The minimum atomic E-state index is -0.174. The number of amides is 1. The second-order valence-electron chi connectivity index (χ2n) is 4.03. The van der Waals surface area contributed by atoms with Crippen molar-refractivity contribution in [1.29, 1.82) is 0 Å². The largest absolute Gasteiger partial charge is 0.384 e. The summed E-state index contributed by atoms with van der Waals surface area (Å²) < 4.78 is 0. The number of aromatic nitrogens is 2. The maximum Gasteiger partial charge on any atom is 0.274 e. The molecular formula is C14H13N3O2S. The van der Waals surface area contributed by atoms with Gasteiger partial charge in [-0.05, 0) is 17.0 Å². The molecule has 2 aromatic heterocycles. The van der Waals surface area contributed by atoms with Crippen LogP contribution in [-0.2, 0) is 6.54 Å². The van der Waals surface area contributed by atoms with Gasteiger partial charge in [0.15, 0.2) is 0 Å². The molecule has 2 rings (SSSR count). The van der Waals surface area contributed by atoms with Gasteiger partial charge in [-0.25, -0.2) is 4.98 Å². The summed E-state index contributed by atoms with van der Waals surface area (Å²) in [5.74, 6) is 5.26. The van der Waals surface area contributed by atoms with Crippen LogP contribution in [0.15, 0.2) is 30.0 Å². The number of aliphatic hydroxyl groups is 1. The van der Waals surface area contributed by atoms with E-state index in [1.807, 2.05) is 11.4 Å². The molecule has 102 valence electrons. The third-order valence-electron chi connectivity index (χ3n) is 2.49. The average molecular weight is 287 g/mol. The van der Waals surface area contributed by atoms with E-state index < -0.39 is 0 Å². The zero-order valence-electron chi connectivity index (χ0n) is 10.9. The van der Waals surface area contributed by atoms with Crippen LogP contribution in [0.2, 0.25) is 0 Å². The van der Waals surface area contributed by atoms with E-state index in [1.165, 1.54) is 29.9 Å². The molecule has 1 N–H and O–H groups in total. The summed E-state index contributed by atoms with van der Waals surface area (Å²) in [6.45, 7) is 0.324. The maximum absolute atomic E-state index is 12.1. The van der Waals surface area contributed by atoms with Gasteiger partial charge < -0.3 is 10.0 Å². The first-order chi connectivity index (χ1) is 9.70. The molecular weight excluding hydrogens is 274 g/mol. The number of hydrogen-bond donors (Lipinski definition) is 1. The molecule has 0 saturated carbocycles. The Morgan fingerprint density at radius 1 is 1.50 bits per heavy atom. The van der Waals surface area contributed by atoms with Gasteiger partial charge in [-0.15, -0.1) is 11.3 Å². The van der Waals surface area contributed by atoms with Gasteiger partial charge >= 0.3 is 0 Å². The molecule has 2 heterocycles. The molecule has 0 saturated heterocycles. The number of nitrogens with zero attached hydrogens (tertiary/aromatic N) is 3. The van der Waals surface area contributed by atoms with E-state index >= 15 is 0 Å². The molecule has 2 aromatic rings. The molecule has 0 fully saturated rings. The molecule has 0 bridgehead atoms. The van der Waals surface area contributed by atoms with E-state index in [2.05, 4.69) is 21.8 Å². The molecule has 0 aromatic carbocycles. The summed E-state index contributed by atoms with van der Waals surface area (Å²) in [5.41, 5.74) is 1.32. The van der Waals surface area contributed by atoms with Crippen LogP contribution in [0.25, 0.3) is 0 Å². The van der Waals surface area contributed by atoms with E-state index in [-0.39, 0.29) is 12.5 Å². The quantitative estimate of drug-likeness (QED) is 0.860. The highest BCUT2D eigenvalue weighted by atomic mass is 32.1. The molecule has 0 aliphatic heterocycles. The van der Waals surface area contributed by atoms with E-state index in [1.54, 1.807) is 11.9 Å². The Bertz CT molecular complexity index is 643. The van der Waals surface area contributed by atoms with E-state index in [9.17, 15) is 4.79 Å². The van der Waals surface area contributed by atoms with E-state index in [0.29, 0.717) is 12.2 Å². The van der Waals surface area contributed by atoms with Gasteiger partial charge in [-0.1, -0.05) is 11.8 Å². The fraction of sp³-hybridized carbons (Fsp3) is 0.214. The minimum absolute atomic E-state index is 0.154. The lowest BCUT2D eigenvalue weighted by molar-refractivity contribution is 0.0779. The number of rotatable bonds is 3. The third-order valence-corrected chi connectivity index (χ3v) is 3.39. The van der Waals surface area contributed by atoms with Crippen molar-refractivity contribution >= 4 is 17.2 Å². The van der Waals surface area contributed by atoms with Crippen LogP contribution in [0.3, 0.4) is 0 Å². The Balaban J connectivity index is 2.02. The third kappa shape index (κ3) is 3.63. The Hall–Kier alpha value is -2.23. The smallest absolute Gasteiger partial charge is 0.274 e. The molecule has 0 aliphatic rings. The van der Waals surface area contributed by atoms with Crippen molar-refractivity contribution < 1.29 is 9.90 Å². The lowest BCUT2D eigenvalue weighted by atomic mass is 10.2. The topological polar surface area (TPSA) is 66.3 Å². The normalized spacial score (nSPS) is 9.70. The van der Waals surface area contributed by atoms with Crippen molar-refractivity contribution in [3.05, 3.63) is 46.2 Å². The van der Waals surface area contributed by atoms with Crippen molar-refractivity contribution in [3.63, 3.8) is 0 Å². The van der Waals surface area contributed by atoms with Crippen LogP contribution >= 0.6 is 11.3 Å². The van der Waals surface area contributed by atoms with Crippen molar-refractivity contribution in [2.24, 2.45) is 0 Å². The molecule has 5 nitrogen and oxygen atoms in total. The van der Waals surface area contributed by atoms with E-state index in [0.717, 1.165) is 10.4 Å². The molecule has 0 atom stereocenters. The summed E-state index contributed by atoms with van der Waals surface area (Å²) in [7, 11) is 1.72. The zero-order chi connectivity index (χ0) is 14.4. The van der Waals surface area contributed by atoms with Crippen molar-refractivity contribution in [2.45, 2.75) is 6.54 Å². The fourth-order valence-electron chi connectivity index (χ4n) is 1.60. The Morgan fingerprint density at radius 2 is 2.35 bits per heavy atom. The van der Waals surface area contributed by atoms with Gasteiger partial charge in [0.25, 0.3) is 5.91 Å². The Labute approximate surface area is 120 Å². The van der Waals surface area contributed by atoms with Gasteiger partial charge in [-0.2, -0.15) is 0 Å². The highest BCUT2D eigenvalue weighted by molar-refractivity contribution is 7.10. The molecule has 1 amide bonds. The summed E-state index contributed by atoms with van der Waals surface area (Å²) in [6.07, 6.45) is 4.47. The van der Waals surface area contributed by atoms with Gasteiger partial charge in [0.05, 0.1) is 11.1 Å². The first-order valence-corrected chi connectivity index (χ1v) is 6.77. The summed E-state index contributed by atoms with van der Waals surface area (Å²) in [6, 6.07) is 1.91. The summed E-state index contributed by atoms with van der Waals surface area (Å²) in [4.78, 5) is 22.4. The molecule has 0 unspecified atom stereocenters. The van der Waals surface area contributed by atoms with Crippen LogP contribution in [0.1, 0.15) is 20.9 Å². The monoisotopic (exact) mass is 287 g/mol. The zero-order valence-corrected chi connectivity index (χ0v) is 11.7. The van der Waals surface area contributed by atoms with Crippen molar-refractivity contribution in [2.75, 3.05) is 13.7 Å².